The molecule has 1 amide bonds. The lowest BCUT2D eigenvalue weighted by Crippen LogP contribution is -2.53. The lowest BCUT2D eigenvalue weighted by molar-refractivity contribution is -0.0526. The number of carbonyl (C=O) groups is 1. The van der Waals surface area contributed by atoms with Gasteiger partial charge in [0.25, 0.3) is 5.91 Å². The highest BCUT2D eigenvalue weighted by Gasteiger charge is 2.61. The van der Waals surface area contributed by atoms with Gasteiger partial charge in [0.05, 0.1) is 16.7 Å². The molecule has 4 aromatic rings. The summed E-state index contributed by atoms with van der Waals surface area (Å²) in [5, 5.41) is 0.850. The summed E-state index contributed by atoms with van der Waals surface area (Å²) in [6.45, 7) is -1.28. The number of aromatic nitrogens is 4. The second-order valence-electron chi connectivity index (χ2n) is 11.3. The molecule has 3 aromatic heterocycles. The van der Waals surface area contributed by atoms with E-state index in [9.17, 15) is 13.6 Å². The van der Waals surface area contributed by atoms with Crippen molar-refractivity contribution < 1.29 is 18.3 Å². The van der Waals surface area contributed by atoms with Crippen molar-refractivity contribution in [3.8, 4) is 17.4 Å². The molecule has 0 spiro atoms. The third kappa shape index (κ3) is 3.18. The van der Waals surface area contributed by atoms with Crippen LogP contribution in [0.1, 0.15) is 36.0 Å². The Morgan fingerprint density at radius 2 is 1.97 bits per heavy atom. The Morgan fingerprint density at radius 3 is 2.73 bits per heavy atom. The molecule has 0 radical (unpaired) electrons. The van der Waals surface area contributed by atoms with Gasteiger partial charge in [0, 0.05) is 43.2 Å². The van der Waals surface area contributed by atoms with Crippen LogP contribution in [-0.2, 0) is 13.6 Å². The minimum atomic E-state index is -2.92. The Hall–Kier alpha value is -3.49. The van der Waals surface area contributed by atoms with Crippen molar-refractivity contribution in [1.29, 1.82) is 0 Å². The number of halogens is 2. The van der Waals surface area contributed by atoms with Crippen molar-refractivity contribution in [2.45, 2.75) is 44.9 Å². The van der Waals surface area contributed by atoms with Crippen LogP contribution < -0.4 is 4.74 Å². The highest BCUT2D eigenvalue weighted by Crippen LogP contribution is 2.60. The van der Waals surface area contributed by atoms with Gasteiger partial charge < -0.3 is 18.8 Å². The molecular formula is C28H27F2N5O2. The van der Waals surface area contributed by atoms with Crippen molar-refractivity contribution in [2.75, 3.05) is 6.54 Å². The molecule has 3 aliphatic carbocycles. The number of hydrogen-bond donors (Lipinski definition) is 0. The first-order valence-electron chi connectivity index (χ1n) is 13.2. The number of rotatable bonds is 6. The molecule has 4 aliphatic rings. The second-order valence-corrected chi connectivity index (χ2v) is 11.3. The van der Waals surface area contributed by atoms with E-state index in [1.165, 1.54) is 12.5 Å². The summed E-state index contributed by atoms with van der Waals surface area (Å²) in [7, 11) is 1.97. The van der Waals surface area contributed by atoms with Gasteiger partial charge in [-0.25, -0.2) is 4.98 Å². The molecule has 190 valence electrons. The lowest BCUT2D eigenvalue weighted by atomic mass is 9.53. The summed E-state index contributed by atoms with van der Waals surface area (Å²) in [5.74, 6) is 3.61. The molecule has 1 aliphatic heterocycles. The standard InChI is InChI=1S/C28H27F2N5O2/c1-33-20-6-4-16(27(36)35-13-18-8-17-11-21(35)24(17)18)9-19(20)31-26(33)22-10-15-5-7-23(37-28(29)30)32-25(15)34(22)12-14-2-3-14/h4-7,9-10,14,17-18,21,24,28H,2-3,8,11-13H2,1H3/t17?,18-,21-,24-/m1/s1. The maximum Gasteiger partial charge on any atom is 0.388 e. The Morgan fingerprint density at radius 1 is 1.11 bits per heavy atom. The van der Waals surface area contributed by atoms with Crippen LogP contribution in [0.4, 0.5) is 8.78 Å². The number of likely N-dealkylation sites (tertiary alicyclic amines) is 1. The number of pyridine rings is 1. The highest BCUT2D eigenvalue weighted by molar-refractivity contribution is 5.98. The predicted molar refractivity (Wildman–Crippen MR) is 133 cm³/mol. The minimum absolute atomic E-state index is 0.0921. The number of benzene rings is 1. The molecule has 7 nitrogen and oxygen atoms in total. The van der Waals surface area contributed by atoms with Crippen molar-refractivity contribution in [3.05, 3.63) is 42.0 Å². The van der Waals surface area contributed by atoms with Gasteiger partial charge in [0.2, 0.25) is 5.88 Å². The molecule has 1 saturated heterocycles. The van der Waals surface area contributed by atoms with E-state index in [0.29, 0.717) is 29.1 Å². The van der Waals surface area contributed by atoms with E-state index in [0.717, 1.165) is 72.1 Å². The number of nitrogens with zero attached hydrogens (tertiary/aromatic N) is 5. The zero-order chi connectivity index (χ0) is 25.0. The van der Waals surface area contributed by atoms with E-state index in [2.05, 4.69) is 19.2 Å². The first-order valence-corrected chi connectivity index (χ1v) is 13.2. The lowest BCUT2D eigenvalue weighted by Gasteiger charge is -2.52. The van der Waals surface area contributed by atoms with Crippen LogP contribution in [0.25, 0.3) is 33.6 Å². The first-order chi connectivity index (χ1) is 17.9. The number of amides is 1. The Labute approximate surface area is 212 Å². The van der Waals surface area contributed by atoms with Crippen LogP contribution in [0, 0.1) is 23.7 Å². The minimum Gasteiger partial charge on any atom is -0.417 e. The summed E-state index contributed by atoms with van der Waals surface area (Å²) in [6, 6.07) is 11.5. The Balaban J connectivity index is 1.19. The third-order valence-corrected chi connectivity index (χ3v) is 9.20. The average Bonchev–Trinajstić information content (AvgIpc) is 3.53. The SMILES string of the molecule is Cn1c(-c2cc3ccc(OC(F)F)nc3n2CC2CC2)nc2cc(C(=O)N3C[C@H]4CC5C[C@@H]3[C@H]54)ccc21. The molecular weight excluding hydrogens is 476 g/mol. The van der Waals surface area contributed by atoms with Gasteiger partial charge in [0.15, 0.2) is 5.82 Å². The molecule has 0 bridgehead atoms. The largest absolute Gasteiger partial charge is 0.417 e. The van der Waals surface area contributed by atoms with Gasteiger partial charge in [-0.15, -0.1) is 0 Å². The van der Waals surface area contributed by atoms with Crippen LogP contribution in [0.2, 0.25) is 0 Å². The fourth-order valence-corrected chi connectivity index (χ4v) is 7.12. The summed E-state index contributed by atoms with van der Waals surface area (Å²) < 4.78 is 34.3. The molecule has 37 heavy (non-hydrogen) atoms. The molecule has 4 heterocycles. The van der Waals surface area contributed by atoms with Gasteiger partial charge in [-0.05, 0) is 79.7 Å². The molecule has 0 N–H and O–H groups in total. The van der Waals surface area contributed by atoms with Crippen LogP contribution in [0.15, 0.2) is 36.4 Å². The summed E-state index contributed by atoms with van der Waals surface area (Å²) in [5.41, 5.74) is 3.90. The first kappa shape index (κ1) is 21.6. The van der Waals surface area contributed by atoms with Crippen LogP contribution in [0.3, 0.4) is 0 Å². The van der Waals surface area contributed by atoms with Gasteiger partial charge in [-0.2, -0.15) is 13.8 Å². The molecule has 3 saturated carbocycles. The van der Waals surface area contributed by atoms with Gasteiger partial charge in [-0.3, -0.25) is 4.79 Å². The van der Waals surface area contributed by atoms with Crippen LogP contribution in [0.5, 0.6) is 5.88 Å². The molecule has 4 atom stereocenters. The summed E-state index contributed by atoms with van der Waals surface area (Å²) >= 11 is 0. The van der Waals surface area contributed by atoms with E-state index < -0.39 is 6.61 Å². The molecule has 8 rings (SSSR count). The van der Waals surface area contributed by atoms with E-state index in [1.807, 2.05) is 35.9 Å². The monoisotopic (exact) mass is 503 g/mol. The fraction of sp³-hybridized carbons (Fsp3) is 0.464. The third-order valence-electron chi connectivity index (χ3n) is 9.20. The Kier molecular flexibility index (Phi) is 4.39. The van der Waals surface area contributed by atoms with Crippen molar-refractivity contribution in [3.63, 3.8) is 0 Å². The average molecular weight is 504 g/mol. The number of imidazole rings is 1. The number of aryl methyl sites for hydroxylation is 1. The summed E-state index contributed by atoms with van der Waals surface area (Å²) in [6.07, 6.45) is 4.72. The predicted octanol–water partition coefficient (Wildman–Crippen LogP) is 5.08. The molecule has 4 fully saturated rings. The zero-order valence-electron chi connectivity index (χ0n) is 20.5. The fourth-order valence-electron chi connectivity index (χ4n) is 7.12. The second kappa shape index (κ2) is 7.52. The van der Waals surface area contributed by atoms with E-state index in [1.54, 1.807) is 6.07 Å². The van der Waals surface area contributed by atoms with Gasteiger partial charge >= 0.3 is 6.61 Å². The smallest absolute Gasteiger partial charge is 0.388 e. The number of hydrogen-bond acceptors (Lipinski definition) is 4. The number of fused-ring (bicyclic) bond motifs is 2. The van der Waals surface area contributed by atoms with Gasteiger partial charge in [-0.1, -0.05) is 0 Å². The van der Waals surface area contributed by atoms with Crippen LogP contribution in [-0.4, -0.2) is 49.1 Å². The zero-order valence-corrected chi connectivity index (χ0v) is 20.5. The van der Waals surface area contributed by atoms with Crippen LogP contribution >= 0.6 is 0 Å². The number of alkyl halides is 2. The van der Waals surface area contributed by atoms with E-state index in [4.69, 9.17) is 4.98 Å². The van der Waals surface area contributed by atoms with E-state index in [-0.39, 0.29) is 11.8 Å². The maximum atomic E-state index is 13.4. The Bertz CT molecular complexity index is 1590. The highest BCUT2D eigenvalue weighted by atomic mass is 19.3. The molecule has 1 unspecified atom stereocenters. The topological polar surface area (TPSA) is 65.2 Å². The van der Waals surface area contributed by atoms with Crippen molar-refractivity contribution in [2.24, 2.45) is 30.7 Å². The normalized spacial score (nSPS) is 26.0. The van der Waals surface area contributed by atoms with Gasteiger partial charge in [0.1, 0.15) is 5.65 Å². The number of carbonyl (C=O) groups excluding carboxylic acids is 1. The van der Waals surface area contributed by atoms with Crippen molar-refractivity contribution in [1.82, 2.24) is 24.0 Å². The quantitative estimate of drug-likeness (QED) is 0.368. The van der Waals surface area contributed by atoms with Crippen molar-refractivity contribution >= 4 is 28.0 Å². The summed E-state index contributed by atoms with van der Waals surface area (Å²) in [4.78, 5) is 24.9. The molecule has 9 heteroatoms. The molecule has 1 aromatic carbocycles. The number of ether oxygens (including phenoxy) is 1. The maximum absolute atomic E-state index is 13.4. The van der Waals surface area contributed by atoms with E-state index >= 15 is 0 Å².